The van der Waals surface area contributed by atoms with Gasteiger partial charge in [0.05, 0.1) is 12.9 Å². The summed E-state index contributed by atoms with van der Waals surface area (Å²) < 4.78 is 16.9. The maximum Gasteiger partial charge on any atom is 0.408 e. The lowest BCUT2D eigenvalue weighted by molar-refractivity contribution is -0.155. The molecule has 0 spiro atoms. The van der Waals surface area contributed by atoms with Gasteiger partial charge in [-0.25, -0.2) is 9.59 Å². The molecule has 1 aromatic heterocycles. The van der Waals surface area contributed by atoms with Crippen molar-refractivity contribution in [2.45, 2.75) is 49.9 Å². The first-order valence-electron chi connectivity index (χ1n) is 13.9. The number of thioether (sulfide) groups is 1. The zero-order valence-electron chi connectivity index (χ0n) is 24.6. The van der Waals surface area contributed by atoms with Crippen molar-refractivity contribution >= 4 is 47.0 Å². The Morgan fingerprint density at radius 1 is 0.955 bits per heavy atom. The number of β-lactam (4-membered cyclic amide) rings is 1. The Morgan fingerprint density at radius 2 is 1.59 bits per heavy atom. The van der Waals surface area contributed by atoms with E-state index in [1.807, 2.05) is 60.7 Å². The van der Waals surface area contributed by atoms with Crippen molar-refractivity contribution in [3.05, 3.63) is 106 Å². The fourth-order valence-corrected chi connectivity index (χ4v) is 6.95. The van der Waals surface area contributed by atoms with E-state index in [-0.39, 0.29) is 11.4 Å². The summed E-state index contributed by atoms with van der Waals surface area (Å²) in [6.45, 7) is 5.17. The molecule has 2 N–H and O–H groups in total. The van der Waals surface area contributed by atoms with Crippen LogP contribution in [0.2, 0.25) is 0 Å². The monoisotopic (exact) mass is 635 g/mol. The van der Waals surface area contributed by atoms with Crippen molar-refractivity contribution in [3.8, 4) is 0 Å². The normalized spacial score (nSPS) is 18.6. The summed E-state index contributed by atoms with van der Waals surface area (Å²) in [5, 5.41) is 6.60. The zero-order valence-corrected chi connectivity index (χ0v) is 26.3. The maximum absolute atomic E-state index is 13.8. The first kappa shape index (κ1) is 31.1. The second-order valence-electron chi connectivity index (χ2n) is 11.1. The van der Waals surface area contributed by atoms with Gasteiger partial charge in [0.2, 0.25) is 5.91 Å². The molecule has 10 nitrogen and oxygen atoms in total. The topological polar surface area (TPSA) is 123 Å². The van der Waals surface area contributed by atoms with E-state index < -0.39 is 53.0 Å². The van der Waals surface area contributed by atoms with Crippen molar-refractivity contribution in [1.82, 2.24) is 15.5 Å². The van der Waals surface area contributed by atoms with Crippen LogP contribution < -0.4 is 10.6 Å². The van der Waals surface area contributed by atoms with E-state index in [9.17, 15) is 19.2 Å². The van der Waals surface area contributed by atoms with Gasteiger partial charge < -0.3 is 24.8 Å². The molecule has 2 aromatic carbocycles. The first-order valence-corrected chi connectivity index (χ1v) is 15.9. The molecular formula is C32H33N3O7S2. The lowest BCUT2D eigenvalue weighted by atomic mass is 10.0. The fraction of sp³-hybridized carbons (Fsp3) is 0.312. The molecule has 3 aromatic rings. The predicted octanol–water partition coefficient (Wildman–Crippen LogP) is 4.90. The van der Waals surface area contributed by atoms with Gasteiger partial charge in [0.25, 0.3) is 5.91 Å². The summed E-state index contributed by atoms with van der Waals surface area (Å²) in [5.74, 6) is -1.19. The highest BCUT2D eigenvalue weighted by Gasteiger charge is 2.55. The number of ether oxygens (including phenoxy) is 3. The highest BCUT2D eigenvalue weighted by atomic mass is 32.2. The van der Waals surface area contributed by atoms with Crippen LogP contribution in [0.5, 0.6) is 0 Å². The second kappa shape index (κ2) is 13.1. The van der Waals surface area contributed by atoms with Gasteiger partial charge in [-0.1, -0.05) is 66.7 Å². The van der Waals surface area contributed by atoms with Crippen LogP contribution in [0.1, 0.15) is 48.9 Å². The largest absolute Gasteiger partial charge is 0.498 e. The van der Waals surface area contributed by atoms with E-state index >= 15 is 0 Å². The molecule has 1 saturated heterocycles. The Balaban J connectivity index is 1.34. The van der Waals surface area contributed by atoms with Crippen molar-refractivity contribution < 1.29 is 33.4 Å². The molecule has 3 heterocycles. The number of hydrogen-bond acceptors (Lipinski definition) is 9. The van der Waals surface area contributed by atoms with Gasteiger partial charge in [-0.05, 0) is 43.3 Å². The standard InChI is InChI=1S/C32H33N3O7S2/c1-32(2,3)42-31(39)34-23(22-16-11-17-43-22)27(36)33-24-28(37)35-25(21(40-4)18-44-29(24)35)30(38)41-26(19-12-7-5-8-13-19)20-14-9-6-10-15-20/h5-17,23-24,26,29H,18H2,1-4H3,(H,33,36)(H,34,39)/t23?,24-,29+/m1/s1. The average Bonchev–Trinajstić information content (AvgIpc) is 3.55. The molecule has 230 valence electrons. The number of thiophene rings is 1. The van der Waals surface area contributed by atoms with Gasteiger partial charge in [-0.2, -0.15) is 0 Å². The SMILES string of the molecule is COC1=C(C(=O)OC(c2ccccc2)c2ccccc2)N2C(=O)[C@@H](NC(=O)C(NC(=O)OC(C)(C)C)c3cccs3)[C@@H]2SC1. The smallest absolute Gasteiger partial charge is 0.408 e. The molecule has 44 heavy (non-hydrogen) atoms. The highest BCUT2D eigenvalue weighted by Crippen LogP contribution is 2.42. The number of nitrogens with one attached hydrogen (secondary N) is 2. The molecule has 2 aliphatic rings. The molecule has 3 amide bonds. The third-order valence-corrected chi connectivity index (χ3v) is 9.04. The summed E-state index contributed by atoms with van der Waals surface area (Å²) in [7, 11) is 1.44. The van der Waals surface area contributed by atoms with E-state index in [2.05, 4.69) is 10.6 Å². The molecule has 5 rings (SSSR count). The molecule has 2 aliphatic heterocycles. The van der Waals surface area contributed by atoms with Crippen LogP contribution in [0.15, 0.2) is 89.6 Å². The Labute approximate surface area is 263 Å². The summed E-state index contributed by atoms with van der Waals surface area (Å²) in [6.07, 6.45) is -1.48. The molecule has 0 aliphatic carbocycles. The molecule has 0 radical (unpaired) electrons. The lowest BCUT2D eigenvalue weighted by Crippen LogP contribution is -2.71. The molecule has 1 fully saturated rings. The Bertz CT molecular complexity index is 1500. The van der Waals surface area contributed by atoms with Gasteiger partial charge in [0.15, 0.2) is 11.8 Å². The predicted molar refractivity (Wildman–Crippen MR) is 166 cm³/mol. The minimum atomic E-state index is -1.08. The highest BCUT2D eigenvalue weighted by molar-refractivity contribution is 8.00. The summed E-state index contributed by atoms with van der Waals surface area (Å²) in [4.78, 5) is 55.2. The molecule has 1 unspecified atom stereocenters. The van der Waals surface area contributed by atoms with E-state index in [1.165, 1.54) is 35.1 Å². The van der Waals surface area contributed by atoms with E-state index in [0.717, 1.165) is 11.1 Å². The van der Waals surface area contributed by atoms with Crippen LogP contribution in [-0.2, 0) is 28.6 Å². The first-order chi connectivity index (χ1) is 21.1. The van der Waals surface area contributed by atoms with Crippen LogP contribution in [0.3, 0.4) is 0 Å². The number of nitrogens with zero attached hydrogens (tertiary/aromatic N) is 1. The quantitative estimate of drug-likeness (QED) is 0.251. The minimum absolute atomic E-state index is 0.00491. The van der Waals surface area contributed by atoms with Crippen LogP contribution in [0.25, 0.3) is 0 Å². The number of rotatable bonds is 9. The van der Waals surface area contributed by atoms with Gasteiger partial charge >= 0.3 is 12.1 Å². The lowest BCUT2D eigenvalue weighted by Gasteiger charge is -2.49. The maximum atomic E-state index is 13.8. The van der Waals surface area contributed by atoms with Crippen LogP contribution in [-0.4, -0.2) is 58.7 Å². The van der Waals surface area contributed by atoms with Crippen molar-refractivity contribution in [2.75, 3.05) is 12.9 Å². The van der Waals surface area contributed by atoms with Crippen molar-refractivity contribution in [3.63, 3.8) is 0 Å². The van der Waals surface area contributed by atoms with E-state index in [1.54, 1.807) is 38.3 Å². The molecule has 0 bridgehead atoms. The number of amides is 3. The zero-order chi connectivity index (χ0) is 31.4. The summed E-state index contributed by atoms with van der Waals surface area (Å²) in [6, 6.07) is 20.1. The average molecular weight is 636 g/mol. The molecule has 12 heteroatoms. The number of carbonyl (C=O) groups is 4. The van der Waals surface area contributed by atoms with Crippen LogP contribution >= 0.6 is 23.1 Å². The third kappa shape index (κ3) is 6.76. The van der Waals surface area contributed by atoms with E-state index in [0.29, 0.717) is 10.6 Å². The number of methoxy groups -OCH3 is 1. The molecule has 3 atom stereocenters. The summed E-state index contributed by atoms with van der Waals surface area (Å²) >= 11 is 2.64. The summed E-state index contributed by atoms with van der Waals surface area (Å²) in [5.41, 5.74) is 0.779. The minimum Gasteiger partial charge on any atom is -0.498 e. The number of carbonyl (C=O) groups excluding carboxylic acids is 4. The third-order valence-electron chi connectivity index (χ3n) is 6.85. The van der Waals surface area contributed by atoms with Crippen LogP contribution in [0.4, 0.5) is 4.79 Å². The number of benzene rings is 2. The van der Waals surface area contributed by atoms with Crippen molar-refractivity contribution in [1.29, 1.82) is 0 Å². The van der Waals surface area contributed by atoms with Gasteiger partial charge in [0, 0.05) is 4.88 Å². The Hall–Kier alpha value is -4.29. The number of hydrogen-bond donors (Lipinski definition) is 2. The van der Waals surface area contributed by atoms with E-state index in [4.69, 9.17) is 14.2 Å². The van der Waals surface area contributed by atoms with Gasteiger partial charge in [-0.15, -0.1) is 23.1 Å². The van der Waals surface area contributed by atoms with Crippen molar-refractivity contribution in [2.24, 2.45) is 0 Å². The van der Waals surface area contributed by atoms with Gasteiger partial charge in [0.1, 0.15) is 28.8 Å². The van der Waals surface area contributed by atoms with Gasteiger partial charge in [-0.3, -0.25) is 14.5 Å². The molecular weight excluding hydrogens is 603 g/mol. The number of fused-ring (bicyclic) bond motifs is 1. The second-order valence-corrected chi connectivity index (χ2v) is 13.2. The fourth-order valence-electron chi connectivity index (χ4n) is 4.87. The Morgan fingerprint density at radius 3 is 2.14 bits per heavy atom. The number of alkyl carbamates (subject to hydrolysis) is 1. The number of esters is 1. The molecule has 0 saturated carbocycles. The Kier molecular flexibility index (Phi) is 9.31. The van der Waals surface area contributed by atoms with Crippen LogP contribution in [0, 0.1) is 0 Å².